The Morgan fingerprint density at radius 3 is 1.80 bits per heavy atom. The Hall–Kier alpha value is -3.75. The monoisotopic (exact) mass is 346 g/mol. The molecule has 0 saturated heterocycles. The Bertz CT molecular complexity index is 903. The highest BCUT2D eigenvalue weighted by Crippen LogP contribution is 2.31. The van der Waals surface area contributed by atoms with Gasteiger partial charge >= 0.3 is 23.9 Å². The molecular weight excluding hydrogens is 336 g/mol. The molecule has 0 amide bonds. The number of carboxylic acids is 4. The number of hydrogen-bond acceptors (Lipinski definition) is 5. The van der Waals surface area contributed by atoms with Crippen molar-refractivity contribution in [3.05, 3.63) is 52.1 Å². The molecule has 0 atom stereocenters. The normalized spacial score (nSPS) is 13.3. The molecule has 9 nitrogen and oxygen atoms in total. The topological polar surface area (TPSA) is 166 Å². The lowest BCUT2D eigenvalue weighted by Crippen LogP contribution is -2.22. The minimum atomic E-state index is -1.93. The minimum absolute atomic E-state index is 0.0869. The molecule has 25 heavy (non-hydrogen) atoms. The molecule has 0 fully saturated rings. The van der Waals surface area contributed by atoms with Crippen LogP contribution in [0.15, 0.2) is 24.3 Å². The second kappa shape index (κ2) is 6.40. The number of carbonyl (C=O) groups is 5. The van der Waals surface area contributed by atoms with E-state index >= 15 is 0 Å². The predicted molar refractivity (Wildman–Crippen MR) is 81.0 cm³/mol. The first-order chi connectivity index (χ1) is 11.7. The molecule has 128 valence electrons. The summed E-state index contributed by atoms with van der Waals surface area (Å²) in [7, 11) is 0. The maximum absolute atomic E-state index is 12.0. The molecule has 1 aliphatic rings. The predicted octanol–water partition coefficient (Wildman–Crippen LogP) is 1.39. The van der Waals surface area contributed by atoms with Crippen LogP contribution in [0.3, 0.4) is 0 Å². The zero-order valence-corrected chi connectivity index (χ0v) is 12.3. The van der Waals surface area contributed by atoms with E-state index in [0.717, 1.165) is 0 Å². The van der Waals surface area contributed by atoms with E-state index in [0.29, 0.717) is 6.07 Å². The van der Waals surface area contributed by atoms with Crippen LogP contribution in [0.1, 0.15) is 53.4 Å². The lowest BCUT2D eigenvalue weighted by atomic mass is 9.85. The molecular formula is C16H10O9. The van der Waals surface area contributed by atoms with Gasteiger partial charge in [-0.3, -0.25) is 4.79 Å². The van der Waals surface area contributed by atoms with Crippen LogP contribution in [0, 0.1) is 0 Å². The molecule has 0 aliphatic heterocycles. The molecule has 1 aromatic rings. The van der Waals surface area contributed by atoms with Crippen LogP contribution in [0.5, 0.6) is 0 Å². The minimum Gasteiger partial charge on any atom is -0.478 e. The second-order valence-electron chi connectivity index (χ2n) is 4.95. The molecule has 1 aromatic carbocycles. The summed E-state index contributed by atoms with van der Waals surface area (Å²) in [5.74, 6) is -7.96. The van der Waals surface area contributed by atoms with E-state index in [2.05, 4.69) is 0 Å². The fraction of sp³-hybridized carbons (Fsp3) is 0.0625. The average Bonchev–Trinajstić information content (AvgIpc) is 2.52. The Morgan fingerprint density at radius 1 is 0.800 bits per heavy atom. The van der Waals surface area contributed by atoms with E-state index < -0.39 is 57.5 Å². The number of allylic oxidation sites excluding steroid dienone is 4. The first kappa shape index (κ1) is 17.6. The highest BCUT2D eigenvalue weighted by molar-refractivity contribution is 6.26. The molecule has 0 heterocycles. The molecule has 1 aliphatic carbocycles. The summed E-state index contributed by atoms with van der Waals surface area (Å²) >= 11 is 0. The van der Waals surface area contributed by atoms with Crippen molar-refractivity contribution in [1.82, 2.24) is 0 Å². The second-order valence-corrected chi connectivity index (χ2v) is 4.95. The van der Waals surface area contributed by atoms with Crippen LogP contribution in [0.4, 0.5) is 0 Å². The number of rotatable bonds is 5. The van der Waals surface area contributed by atoms with Gasteiger partial charge in [-0.25, -0.2) is 19.2 Å². The van der Waals surface area contributed by atoms with E-state index in [4.69, 9.17) is 0 Å². The summed E-state index contributed by atoms with van der Waals surface area (Å²) in [5, 5.41) is 37.1. The van der Waals surface area contributed by atoms with Crippen LogP contribution < -0.4 is 0 Å². The standard InChI is InChI=1S/C16H10O9/c17-9-4-2-1-3-6(9)7-5-8(13(18)19)11(15(22)23)12(16(24)25)10(7)14(20)21/h1-3,5H,4H2,(H,18,19)(H,20,21)(H,22,23)(H,24,25). The molecule has 4 N–H and O–H groups in total. The van der Waals surface area contributed by atoms with Gasteiger partial charge < -0.3 is 20.4 Å². The number of carboxylic acid groups (broad SMARTS) is 4. The SMILES string of the molecule is O=C1CC=CC=C1c1cc(C(=O)O)c(C(=O)O)c(C(=O)O)c1C(=O)O. The molecule has 0 radical (unpaired) electrons. The van der Waals surface area contributed by atoms with E-state index in [1.165, 1.54) is 18.2 Å². The van der Waals surface area contributed by atoms with Crippen molar-refractivity contribution in [2.75, 3.05) is 0 Å². The van der Waals surface area contributed by atoms with Crippen molar-refractivity contribution in [2.24, 2.45) is 0 Å². The number of Topliss-reactive ketones (excluding diaryl/α,β-unsaturated/α-hetero) is 1. The first-order valence-electron chi connectivity index (χ1n) is 6.71. The first-order valence-corrected chi connectivity index (χ1v) is 6.71. The average molecular weight is 346 g/mol. The maximum atomic E-state index is 12.0. The molecule has 0 saturated carbocycles. The van der Waals surface area contributed by atoms with E-state index in [1.807, 2.05) is 0 Å². The van der Waals surface area contributed by atoms with E-state index in [1.54, 1.807) is 0 Å². The summed E-state index contributed by atoms with van der Waals surface area (Å²) in [5.41, 5.74) is -4.90. The third-order valence-electron chi connectivity index (χ3n) is 3.49. The van der Waals surface area contributed by atoms with Gasteiger partial charge in [0, 0.05) is 17.6 Å². The summed E-state index contributed by atoms with van der Waals surface area (Å²) in [6.07, 6.45) is 4.03. The lowest BCUT2D eigenvalue weighted by Gasteiger charge is -2.17. The Labute approximate surface area is 139 Å². The number of hydrogen-bond donors (Lipinski definition) is 4. The van der Waals surface area contributed by atoms with Crippen LogP contribution in [-0.2, 0) is 4.79 Å². The zero-order chi connectivity index (χ0) is 18.9. The fourth-order valence-corrected chi connectivity index (χ4v) is 2.50. The molecule has 0 bridgehead atoms. The van der Waals surface area contributed by atoms with Crippen LogP contribution in [-0.4, -0.2) is 50.1 Å². The fourth-order valence-electron chi connectivity index (χ4n) is 2.50. The number of ketones is 1. The van der Waals surface area contributed by atoms with Gasteiger partial charge in [0.15, 0.2) is 5.78 Å². The zero-order valence-electron chi connectivity index (χ0n) is 12.3. The summed E-state index contributed by atoms with van der Waals surface area (Å²) in [6.45, 7) is 0. The van der Waals surface area contributed by atoms with Gasteiger partial charge in [-0.15, -0.1) is 0 Å². The molecule has 0 unspecified atom stereocenters. The Morgan fingerprint density at radius 2 is 1.36 bits per heavy atom. The molecule has 0 spiro atoms. The quantitative estimate of drug-likeness (QED) is 0.616. The molecule has 2 rings (SSSR count). The highest BCUT2D eigenvalue weighted by atomic mass is 16.4. The van der Waals surface area contributed by atoms with Crippen LogP contribution >= 0.6 is 0 Å². The van der Waals surface area contributed by atoms with E-state index in [9.17, 15) is 44.4 Å². The third kappa shape index (κ3) is 3.02. The summed E-state index contributed by atoms with van der Waals surface area (Å²) in [6, 6.07) is 0.699. The van der Waals surface area contributed by atoms with Gasteiger partial charge in [0.25, 0.3) is 0 Å². The van der Waals surface area contributed by atoms with Gasteiger partial charge in [-0.05, 0) is 6.07 Å². The lowest BCUT2D eigenvalue weighted by molar-refractivity contribution is -0.113. The summed E-state index contributed by atoms with van der Waals surface area (Å²) < 4.78 is 0. The van der Waals surface area contributed by atoms with Crippen molar-refractivity contribution >= 4 is 35.2 Å². The molecule has 0 aromatic heterocycles. The smallest absolute Gasteiger partial charge is 0.337 e. The van der Waals surface area contributed by atoms with Gasteiger partial charge in [0.1, 0.15) is 0 Å². The molecule has 9 heteroatoms. The van der Waals surface area contributed by atoms with Gasteiger partial charge in [-0.2, -0.15) is 0 Å². The third-order valence-corrected chi connectivity index (χ3v) is 3.49. The van der Waals surface area contributed by atoms with Crippen molar-refractivity contribution in [1.29, 1.82) is 0 Å². The maximum Gasteiger partial charge on any atom is 0.337 e. The largest absolute Gasteiger partial charge is 0.478 e. The van der Waals surface area contributed by atoms with Gasteiger partial charge in [-0.1, -0.05) is 18.2 Å². The van der Waals surface area contributed by atoms with Crippen molar-refractivity contribution in [3.63, 3.8) is 0 Å². The summed E-state index contributed by atoms with van der Waals surface area (Å²) in [4.78, 5) is 57.9. The van der Waals surface area contributed by atoms with Crippen LogP contribution in [0.2, 0.25) is 0 Å². The van der Waals surface area contributed by atoms with Gasteiger partial charge in [0.05, 0.1) is 22.3 Å². The van der Waals surface area contributed by atoms with Crippen molar-refractivity contribution < 1.29 is 44.4 Å². The number of benzene rings is 1. The van der Waals surface area contributed by atoms with Crippen LogP contribution in [0.25, 0.3) is 5.57 Å². The number of aromatic carboxylic acids is 4. The Kier molecular flexibility index (Phi) is 4.50. The highest BCUT2D eigenvalue weighted by Gasteiger charge is 2.34. The van der Waals surface area contributed by atoms with E-state index in [-0.39, 0.29) is 12.0 Å². The van der Waals surface area contributed by atoms with Crippen molar-refractivity contribution in [3.8, 4) is 0 Å². The Balaban J connectivity index is 3.05. The van der Waals surface area contributed by atoms with Crippen molar-refractivity contribution in [2.45, 2.75) is 6.42 Å². The number of carbonyl (C=O) groups excluding carboxylic acids is 1. The van der Waals surface area contributed by atoms with Gasteiger partial charge in [0.2, 0.25) is 0 Å².